The van der Waals surface area contributed by atoms with Gasteiger partial charge in [0.2, 0.25) is 0 Å². The van der Waals surface area contributed by atoms with E-state index in [9.17, 15) is 0 Å². The summed E-state index contributed by atoms with van der Waals surface area (Å²) < 4.78 is 1.17. The number of nitrogens with zero attached hydrogens (tertiary/aromatic N) is 2. The Hall–Kier alpha value is -2.35. The molecule has 0 fully saturated rings. The third-order valence-corrected chi connectivity index (χ3v) is 4.75. The predicted octanol–water partition coefficient (Wildman–Crippen LogP) is 5.49. The highest BCUT2D eigenvalue weighted by Crippen LogP contribution is 2.28. The molecular weight excluding hydrogens is 437 g/mol. The molecule has 0 spiro atoms. The molecule has 0 radical (unpaired) electrons. The maximum atomic E-state index is 6.25. The number of hydrogen-bond acceptors (Lipinski definition) is 5. The fourth-order valence-corrected chi connectivity index (χ4v) is 2.90. The van der Waals surface area contributed by atoms with E-state index < -0.39 is 0 Å². The van der Waals surface area contributed by atoms with Crippen LogP contribution in [0.2, 0.25) is 0 Å². The molecular formula is C20H22IN5. The van der Waals surface area contributed by atoms with Crippen LogP contribution in [-0.2, 0) is 6.42 Å². The third-order valence-electron chi connectivity index (χ3n) is 4.03. The summed E-state index contributed by atoms with van der Waals surface area (Å²) in [7, 11) is 0. The Morgan fingerprint density at radius 3 is 1.96 bits per heavy atom. The molecule has 0 aliphatic rings. The summed E-state index contributed by atoms with van der Waals surface area (Å²) in [6, 6.07) is 16.4. The Morgan fingerprint density at radius 2 is 1.42 bits per heavy atom. The maximum absolute atomic E-state index is 6.25. The van der Waals surface area contributed by atoms with Crippen molar-refractivity contribution < 1.29 is 0 Å². The normalized spacial score (nSPS) is 10.5. The summed E-state index contributed by atoms with van der Waals surface area (Å²) in [5.41, 5.74) is 9.97. The molecule has 1 heterocycles. The van der Waals surface area contributed by atoms with Crippen LogP contribution in [0.5, 0.6) is 0 Å². The van der Waals surface area contributed by atoms with Gasteiger partial charge in [0.1, 0.15) is 12.0 Å². The van der Waals surface area contributed by atoms with E-state index in [4.69, 9.17) is 5.73 Å². The Bertz CT molecular complexity index is 847. The van der Waals surface area contributed by atoms with Gasteiger partial charge in [0.05, 0.1) is 0 Å². The van der Waals surface area contributed by atoms with E-state index in [1.807, 2.05) is 24.3 Å². The highest BCUT2D eigenvalue weighted by atomic mass is 127. The molecule has 0 saturated heterocycles. The minimum Gasteiger partial charge on any atom is -0.393 e. The van der Waals surface area contributed by atoms with Crippen LogP contribution in [0.3, 0.4) is 0 Å². The molecule has 6 heteroatoms. The van der Waals surface area contributed by atoms with Crippen LogP contribution in [-0.4, -0.2) is 9.97 Å². The number of rotatable bonds is 7. The van der Waals surface area contributed by atoms with Gasteiger partial charge < -0.3 is 16.4 Å². The highest BCUT2D eigenvalue weighted by molar-refractivity contribution is 14.1. The van der Waals surface area contributed by atoms with Crippen molar-refractivity contribution in [2.24, 2.45) is 0 Å². The van der Waals surface area contributed by atoms with Crippen molar-refractivity contribution in [3.05, 3.63) is 64.0 Å². The molecule has 134 valence electrons. The van der Waals surface area contributed by atoms with E-state index in [0.29, 0.717) is 17.3 Å². The fourth-order valence-electron chi connectivity index (χ4n) is 2.54. The lowest BCUT2D eigenvalue weighted by molar-refractivity contribution is 0.795. The Kier molecular flexibility index (Phi) is 6.27. The van der Waals surface area contributed by atoms with Gasteiger partial charge in [-0.1, -0.05) is 25.5 Å². The first kappa shape index (κ1) is 18.4. The number of unbranched alkanes of at least 4 members (excludes halogenated alkanes) is 1. The average Bonchev–Trinajstić information content (AvgIpc) is 2.66. The van der Waals surface area contributed by atoms with Crippen LogP contribution in [0.15, 0.2) is 54.9 Å². The molecule has 0 saturated carbocycles. The summed E-state index contributed by atoms with van der Waals surface area (Å²) in [5.74, 6) is 1.18. The monoisotopic (exact) mass is 459 g/mol. The minimum atomic E-state index is 0.487. The van der Waals surface area contributed by atoms with Gasteiger partial charge >= 0.3 is 0 Å². The molecule has 1 aromatic heterocycles. The van der Waals surface area contributed by atoms with Gasteiger partial charge in [-0.25, -0.2) is 9.97 Å². The predicted molar refractivity (Wildman–Crippen MR) is 117 cm³/mol. The van der Waals surface area contributed by atoms with Crippen LogP contribution < -0.4 is 16.4 Å². The number of nitrogens with one attached hydrogen (secondary N) is 2. The van der Waals surface area contributed by atoms with Crippen LogP contribution in [0.25, 0.3) is 0 Å². The highest BCUT2D eigenvalue weighted by Gasteiger charge is 2.09. The first-order valence-electron chi connectivity index (χ1n) is 8.64. The van der Waals surface area contributed by atoms with E-state index in [0.717, 1.165) is 17.8 Å². The number of hydrogen-bond donors (Lipinski definition) is 3. The van der Waals surface area contributed by atoms with Crippen molar-refractivity contribution in [2.45, 2.75) is 26.2 Å². The number of aryl methyl sites for hydroxylation is 1. The van der Waals surface area contributed by atoms with Gasteiger partial charge in [-0.2, -0.15) is 0 Å². The zero-order valence-corrected chi connectivity index (χ0v) is 16.8. The quantitative estimate of drug-likeness (QED) is 0.408. The van der Waals surface area contributed by atoms with Crippen molar-refractivity contribution in [3.63, 3.8) is 0 Å². The molecule has 3 aromatic rings. The molecule has 0 bridgehead atoms. The summed E-state index contributed by atoms with van der Waals surface area (Å²) in [6.07, 6.45) is 5.02. The minimum absolute atomic E-state index is 0.487. The molecule has 3 rings (SSSR count). The van der Waals surface area contributed by atoms with Gasteiger partial charge in [-0.15, -0.1) is 0 Å². The second-order valence-electron chi connectivity index (χ2n) is 6.04. The second kappa shape index (κ2) is 8.84. The molecule has 0 unspecified atom stereocenters. The van der Waals surface area contributed by atoms with E-state index in [1.54, 1.807) is 0 Å². The smallest absolute Gasteiger partial charge is 0.159 e. The molecule has 0 aliphatic carbocycles. The van der Waals surface area contributed by atoms with Gasteiger partial charge in [-0.3, -0.25) is 0 Å². The van der Waals surface area contributed by atoms with E-state index >= 15 is 0 Å². The lowest BCUT2D eigenvalue weighted by atomic mass is 10.1. The van der Waals surface area contributed by atoms with Crippen molar-refractivity contribution in [3.8, 4) is 0 Å². The van der Waals surface area contributed by atoms with Crippen molar-refractivity contribution >= 4 is 51.3 Å². The van der Waals surface area contributed by atoms with Crippen LogP contribution in [0, 0.1) is 3.57 Å². The number of halogens is 1. The summed E-state index contributed by atoms with van der Waals surface area (Å²) in [4.78, 5) is 8.53. The topological polar surface area (TPSA) is 75.9 Å². The van der Waals surface area contributed by atoms with Gasteiger partial charge in [0, 0.05) is 14.9 Å². The molecule has 4 N–H and O–H groups in total. The standard InChI is InChI=1S/C20H22IN5/c1-2-3-4-14-5-9-16(10-6-14)25-19-18(22)20(24-13-23-19)26-17-11-7-15(21)8-12-17/h5-13H,2-4,22H2,1H3,(H2,23,24,25,26). The Balaban J connectivity index is 1.73. The zero-order chi connectivity index (χ0) is 18.4. The molecule has 2 aromatic carbocycles. The third kappa shape index (κ3) is 4.85. The molecule has 26 heavy (non-hydrogen) atoms. The lowest BCUT2D eigenvalue weighted by Gasteiger charge is -2.13. The molecule has 5 nitrogen and oxygen atoms in total. The molecule has 0 atom stereocenters. The number of anilines is 5. The maximum Gasteiger partial charge on any atom is 0.159 e. The summed E-state index contributed by atoms with van der Waals surface area (Å²) in [5, 5.41) is 6.51. The first-order chi connectivity index (χ1) is 12.7. The van der Waals surface area contributed by atoms with Crippen molar-refractivity contribution in [1.82, 2.24) is 9.97 Å². The Morgan fingerprint density at radius 1 is 0.885 bits per heavy atom. The van der Waals surface area contributed by atoms with E-state index in [-0.39, 0.29) is 0 Å². The van der Waals surface area contributed by atoms with Crippen molar-refractivity contribution in [2.75, 3.05) is 16.4 Å². The lowest BCUT2D eigenvalue weighted by Crippen LogP contribution is -2.05. The van der Waals surface area contributed by atoms with E-state index in [1.165, 1.54) is 28.3 Å². The van der Waals surface area contributed by atoms with Gasteiger partial charge in [0.25, 0.3) is 0 Å². The van der Waals surface area contributed by atoms with Crippen LogP contribution in [0.1, 0.15) is 25.3 Å². The summed E-state index contributed by atoms with van der Waals surface area (Å²) in [6.45, 7) is 2.20. The van der Waals surface area contributed by atoms with Crippen molar-refractivity contribution in [1.29, 1.82) is 0 Å². The summed E-state index contributed by atoms with van der Waals surface area (Å²) >= 11 is 2.27. The van der Waals surface area contributed by atoms with Gasteiger partial charge in [0.15, 0.2) is 11.6 Å². The number of nitrogen functional groups attached to an aromatic ring is 1. The first-order valence-corrected chi connectivity index (χ1v) is 9.72. The van der Waals surface area contributed by atoms with Gasteiger partial charge in [-0.05, 0) is 77.4 Å². The Labute approximate surface area is 167 Å². The van der Waals surface area contributed by atoms with E-state index in [2.05, 4.69) is 74.4 Å². The van der Waals surface area contributed by atoms with Crippen LogP contribution >= 0.6 is 22.6 Å². The molecule has 0 aliphatic heterocycles. The number of aromatic nitrogens is 2. The largest absolute Gasteiger partial charge is 0.393 e. The number of nitrogens with two attached hydrogens (primary N) is 1. The molecule has 0 amide bonds. The van der Waals surface area contributed by atoms with Crippen LogP contribution in [0.4, 0.5) is 28.7 Å². The SMILES string of the molecule is CCCCc1ccc(Nc2ncnc(Nc3ccc(I)cc3)c2N)cc1. The fraction of sp³-hybridized carbons (Fsp3) is 0.200. The average molecular weight is 459 g/mol. The number of benzene rings is 2. The zero-order valence-electron chi connectivity index (χ0n) is 14.7. The second-order valence-corrected chi connectivity index (χ2v) is 7.29.